The van der Waals surface area contributed by atoms with Crippen LogP contribution in [-0.4, -0.2) is 12.1 Å². The summed E-state index contributed by atoms with van der Waals surface area (Å²) >= 11 is 11.8. The van der Waals surface area contributed by atoms with Crippen LogP contribution in [0, 0.1) is 0 Å². The molecule has 2 aromatic rings. The van der Waals surface area contributed by atoms with Crippen LogP contribution in [0.4, 0.5) is 5.69 Å². The largest absolute Gasteiger partial charge is 0.495 e. The van der Waals surface area contributed by atoms with Gasteiger partial charge in [-0.3, -0.25) is 4.98 Å². The molecule has 2 N–H and O–H groups in total. The van der Waals surface area contributed by atoms with E-state index >= 15 is 0 Å². The van der Waals surface area contributed by atoms with Crippen molar-refractivity contribution >= 4 is 28.9 Å². The molecule has 0 fully saturated rings. The van der Waals surface area contributed by atoms with Gasteiger partial charge in [0.05, 0.1) is 28.5 Å². The first-order valence-electron chi connectivity index (χ1n) is 4.86. The summed E-state index contributed by atoms with van der Waals surface area (Å²) in [7, 11) is 1.56. The summed E-state index contributed by atoms with van der Waals surface area (Å²) in [5, 5.41) is 1.05. The summed E-state index contributed by atoms with van der Waals surface area (Å²) < 4.78 is 5.14. The number of nitrogens with zero attached hydrogens (tertiary/aromatic N) is 1. The maximum Gasteiger partial charge on any atom is 0.138 e. The fourth-order valence-electron chi connectivity index (χ4n) is 1.50. The zero-order valence-electron chi connectivity index (χ0n) is 9.08. The zero-order valence-corrected chi connectivity index (χ0v) is 10.6. The van der Waals surface area contributed by atoms with E-state index in [1.807, 2.05) is 6.07 Å². The van der Waals surface area contributed by atoms with E-state index in [1.54, 1.807) is 31.5 Å². The van der Waals surface area contributed by atoms with Gasteiger partial charge in [0.2, 0.25) is 0 Å². The van der Waals surface area contributed by atoms with E-state index < -0.39 is 0 Å². The number of pyridine rings is 1. The fraction of sp³-hybridized carbons (Fsp3) is 0.0833. The van der Waals surface area contributed by atoms with Gasteiger partial charge >= 0.3 is 0 Å². The molecule has 0 saturated heterocycles. The highest BCUT2D eigenvalue weighted by Gasteiger charge is 2.08. The standard InChI is InChI=1S/C12H10Cl2N2O/c1-17-11-4-7(2-3-9(11)14)12-10(15)5-8(13)6-16-12/h2-6H,15H2,1H3. The number of hydrogen-bond acceptors (Lipinski definition) is 3. The average Bonchev–Trinajstić information content (AvgIpc) is 2.30. The van der Waals surface area contributed by atoms with Crippen molar-refractivity contribution < 1.29 is 4.74 Å². The van der Waals surface area contributed by atoms with Crippen LogP contribution in [0.3, 0.4) is 0 Å². The Bertz CT molecular complexity index is 558. The Morgan fingerprint density at radius 2 is 2.00 bits per heavy atom. The van der Waals surface area contributed by atoms with Gasteiger partial charge in [-0.1, -0.05) is 29.3 Å². The van der Waals surface area contributed by atoms with Crippen LogP contribution in [0.25, 0.3) is 11.3 Å². The normalized spacial score (nSPS) is 10.3. The third kappa shape index (κ3) is 2.46. The molecule has 0 aliphatic rings. The van der Waals surface area contributed by atoms with E-state index in [0.717, 1.165) is 5.56 Å². The Balaban J connectivity index is 2.53. The maximum atomic E-state index is 5.95. The van der Waals surface area contributed by atoms with Gasteiger partial charge in [0.1, 0.15) is 5.75 Å². The molecular formula is C12H10Cl2N2O. The van der Waals surface area contributed by atoms with E-state index in [1.165, 1.54) is 0 Å². The molecule has 1 aromatic carbocycles. The molecule has 0 amide bonds. The predicted molar refractivity (Wildman–Crippen MR) is 70.7 cm³/mol. The topological polar surface area (TPSA) is 48.1 Å². The van der Waals surface area contributed by atoms with E-state index in [0.29, 0.717) is 27.2 Å². The maximum absolute atomic E-state index is 5.95. The third-order valence-corrected chi connectivity index (χ3v) is 2.83. The Hall–Kier alpha value is -1.45. The third-order valence-electron chi connectivity index (χ3n) is 2.31. The quantitative estimate of drug-likeness (QED) is 0.905. The van der Waals surface area contributed by atoms with E-state index in [2.05, 4.69) is 4.98 Å². The second-order valence-corrected chi connectivity index (χ2v) is 4.28. The van der Waals surface area contributed by atoms with Crippen LogP contribution in [0.1, 0.15) is 0 Å². The lowest BCUT2D eigenvalue weighted by molar-refractivity contribution is 0.415. The number of halogens is 2. The second kappa shape index (κ2) is 4.82. The molecule has 0 bridgehead atoms. The number of benzene rings is 1. The number of aromatic nitrogens is 1. The lowest BCUT2D eigenvalue weighted by atomic mass is 10.1. The van der Waals surface area contributed by atoms with Gasteiger partial charge in [-0.05, 0) is 18.2 Å². The molecule has 0 aliphatic heterocycles. The predicted octanol–water partition coefficient (Wildman–Crippen LogP) is 3.65. The Morgan fingerprint density at radius 1 is 1.24 bits per heavy atom. The molecule has 0 unspecified atom stereocenters. The molecule has 5 heteroatoms. The van der Waals surface area contributed by atoms with Crippen LogP contribution in [0.2, 0.25) is 10.0 Å². The Kier molecular flexibility index (Phi) is 3.41. The minimum absolute atomic E-state index is 0.507. The Morgan fingerprint density at radius 3 is 2.65 bits per heavy atom. The van der Waals surface area contributed by atoms with Crippen molar-refractivity contribution in [2.24, 2.45) is 0 Å². The Labute approximate surface area is 109 Å². The van der Waals surface area contributed by atoms with Gasteiger partial charge in [0.25, 0.3) is 0 Å². The first-order chi connectivity index (χ1) is 8.11. The number of anilines is 1. The van der Waals surface area contributed by atoms with Crippen molar-refractivity contribution in [3.05, 3.63) is 40.5 Å². The molecule has 0 atom stereocenters. The first kappa shape index (κ1) is 12.0. The van der Waals surface area contributed by atoms with E-state index in [9.17, 15) is 0 Å². The smallest absolute Gasteiger partial charge is 0.138 e. The van der Waals surface area contributed by atoms with Crippen molar-refractivity contribution in [3.63, 3.8) is 0 Å². The number of nitrogen functional groups attached to an aromatic ring is 1. The number of hydrogen-bond donors (Lipinski definition) is 1. The minimum Gasteiger partial charge on any atom is -0.495 e. The highest BCUT2D eigenvalue weighted by molar-refractivity contribution is 6.32. The molecule has 17 heavy (non-hydrogen) atoms. The molecule has 0 aliphatic carbocycles. The van der Waals surface area contributed by atoms with Gasteiger partial charge < -0.3 is 10.5 Å². The average molecular weight is 269 g/mol. The summed E-state index contributed by atoms with van der Waals surface area (Å²) in [6, 6.07) is 7.02. The molecule has 1 heterocycles. The molecule has 1 aromatic heterocycles. The molecular weight excluding hydrogens is 259 g/mol. The van der Waals surface area contributed by atoms with Crippen molar-refractivity contribution in [2.75, 3.05) is 12.8 Å². The van der Waals surface area contributed by atoms with Crippen molar-refractivity contribution in [3.8, 4) is 17.0 Å². The van der Waals surface area contributed by atoms with Gasteiger partial charge in [-0.2, -0.15) is 0 Å². The molecule has 0 saturated carbocycles. The monoisotopic (exact) mass is 268 g/mol. The number of ether oxygens (including phenoxy) is 1. The van der Waals surface area contributed by atoms with E-state index in [4.69, 9.17) is 33.7 Å². The van der Waals surface area contributed by atoms with Gasteiger partial charge in [0, 0.05) is 11.8 Å². The number of methoxy groups -OCH3 is 1. The molecule has 3 nitrogen and oxygen atoms in total. The van der Waals surface area contributed by atoms with E-state index in [-0.39, 0.29) is 0 Å². The SMILES string of the molecule is COc1cc(-c2ncc(Cl)cc2N)ccc1Cl. The summed E-state index contributed by atoms with van der Waals surface area (Å²) in [5.41, 5.74) is 7.87. The number of rotatable bonds is 2. The summed E-state index contributed by atoms with van der Waals surface area (Å²) in [6.45, 7) is 0. The minimum atomic E-state index is 0.507. The lowest BCUT2D eigenvalue weighted by Crippen LogP contribution is -1.94. The van der Waals surface area contributed by atoms with Crippen molar-refractivity contribution in [2.45, 2.75) is 0 Å². The molecule has 2 rings (SSSR count). The van der Waals surface area contributed by atoms with Gasteiger partial charge in [-0.15, -0.1) is 0 Å². The zero-order chi connectivity index (χ0) is 12.4. The fourth-order valence-corrected chi connectivity index (χ4v) is 1.86. The van der Waals surface area contributed by atoms with Crippen LogP contribution in [0.5, 0.6) is 5.75 Å². The lowest BCUT2D eigenvalue weighted by Gasteiger charge is -2.08. The molecule has 0 radical (unpaired) electrons. The summed E-state index contributed by atoms with van der Waals surface area (Å²) in [6.07, 6.45) is 1.55. The molecule has 0 spiro atoms. The molecule has 88 valence electrons. The summed E-state index contributed by atoms with van der Waals surface area (Å²) in [4.78, 5) is 4.20. The summed E-state index contributed by atoms with van der Waals surface area (Å²) in [5.74, 6) is 0.584. The van der Waals surface area contributed by atoms with Crippen LogP contribution >= 0.6 is 23.2 Å². The van der Waals surface area contributed by atoms with Crippen LogP contribution < -0.4 is 10.5 Å². The van der Waals surface area contributed by atoms with Crippen molar-refractivity contribution in [1.29, 1.82) is 0 Å². The van der Waals surface area contributed by atoms with Gasteiger partial charge in [-0.25, -0.2) is 0 Å². The van der Waals surface area contributed by atoms with Crippen LogP contribution in [0.15, 0.2) is 30.5 Å². The number of nitrogens with two attached hydrogens (primary N) is 1. The highest BCUT2D eigenvalue weighted by atomic mass is 35.5. The van der Waals surface area contributed by atoms with Crippen molar-refractivity contribution in [1.82, 2.24) is 4.98 Å². The van der Waals surface area contributed by atoms with Gasteiger partial charge in [0.15, 0.2) is 0 Å². The highest BCUT2D eigenvalue weighted by Crippen LogP contribution is 2.32. The second-order valence-electron chi connectivity index (χ2n) is 3.44. The first-order valence-corrected chi connectivity index (χ1v) is 5.62. The van der Waals surface area contributed by atoms with Crippen LogP contribution in [-0.2, 0) is 0 Å².